The molecule has 0 radical (unpaired) electrons. The third kappa shape index (κ3) is 4.98. The quantitative estimate of drug-likeness (QED) is 0.496. The first kappa shape index (κ1) is 16.7. The number of hydrogen-bond acceptors (Lipinski definition) is 4. The van der Waals surface area contributed by atoms with Gasteiger partial charge in [0, 0.05) is 13.2 Å². The Morgan fingerprint density at radius 1 is 1.32 bits per heavy atom. The molecule has 1 aliphatic heterocycles. The van der Waals surface area contributed by atoms with Gasteiger partial charge in [-0.05, 0) is 30.5 Å². The van der Waals surface area contributed by atoms with Crippen LogP contribution in [0.3, 0.4) is 0 Å². The molecule has 1 fully saturated rings. The van der Waals surface area contributed by atoms with E-state index in [0.29, 0.717) is 28.8 Å². The van der Waals surface area contributed by atoms with Crippen molar-refractivity contribution in [1.82, 2.24) is 10.7 Å². The Hall–Kier alpha value is -1.63. The molecule has 1 saturated heterocycles. The number of benzene rings is 1. The molecule has 1 heterocycles. The van der Waals surface area contributed by atoms with Gasteiger partial charge in [0.05, 0.1) is 22.4 Å². The number of amides is 2. The smallest absolute Gasteiger partial charge is 0.329 e. The number of halogens is 2. The number of nitrogens with one attached hydrogen (secondary N) is 2. The van der Waals surface area contributed by atoms with Crippen molar-refractivity contribution in [3.8, 4) is 0 Å². The fraction of sp³-hybridized carbons (Fsp3) is 0.357. The molecule has 0 saturated carbocycles. The van der Waals surface area contributed by atoms with Gasteiger partial charge in [-0.3, -0.25) is 9.59 Å². The Morgan fingerprint density at radius 2 is 2.14 bits per heavy atom. The van der Waals surface area contributed by atoms with Gasteiger partial charge in [0.1, 0.15) is 0 Å². The summed E-state index contributed by atoms with van der Waals surface area (Å²) in [6.07, 6.45) is 3.21. The minimum Gasteiger partial charge on any atom is -0.376 e. The predicted molar refractivity (Wildman–Crippen MR) is 84.2 cm³/mol. The molecule has 1 aromatic carbocycles. The third-order valence-corrected chi connectivity index (χ3v) is 3.78. The number of rotatable bonds is 4. The number of hydrogen-bond donors (Lipinski definition) is 2. The summed E-state index contributed by atoms with van der Waals surface area (Å²) in [5, 5.41) is 7.00. The van der Waals surface area contributed by atoms with Crippen LogP contribution in [0.2, 0.25) is 10.0 Å². The Bertz CT molecular complexity index is 587. The van der Waals surface area contributed by atoms with Crippen LogP contribution in [0, 0.1) is 0 Å². The maximum Gasteiger partial charge on any atom is 0.329 e. The molecular formula is C14H15Cl2N3O3. The van der Waals surface area contributed by atoms with Gasteiger partial charge in [0.2, 0.25) is 0 Å². The van der Waals surface area contributed by atoms with Crippen LogP contribution in [-0.4, -0.2) is 37.3 Å². The second-order valence-electron chi connectivity index (χ2n) is 4.72. The van der Waals surface area contributed by atoms with E-state index in [1.807, 2.05) is 0 Å². The lowest BCUT2D eigenvalue weighted by atomic mass is 10.2. The van der Waals surface area contributed by atoms with Gasteiger partial charge >= 0.3 is 11.8 Å². The maximum atomic E-state index is 11.5. The molecule has 118 valence electrons. The summed E-state index contributed by atoms with van der Waals surface area (Å²) in [5.74, 6) is -1.59. The second-order valence-corrected chi connectivity index (χ2v) is 5.53. The van der Waals surface area contributed by atoms with Crippen molar-refractivity contribution >= 4 is 41.2 Å². The highest BCUT2D eigenvalue weighted by Crippen LogP contribution is 2.21. The lowest BCUT2D eigenvalue weighted by molar-refractivity contribution is -0.139. The van der Waals surface area contributed by atoms with E-state index in [1.54, 1.807) is 18.2 Å². The standard InChI is InChI=1S/C14H15Cl2N3O3/c15-11-4-3-9(6-12(11)16)7-18-19-14(21)13(20)17-8-10-2-1-5-22-10/h3-4,6-7,10H,1-2,5,8H2,(H,17,20)(H,19,21)/b18-7-/t10-/m1/s1. The largest absolute Gasteiger partial charge is 0.376 e. The van der Waals surface area contributed by atoms with Crippen molar-refractivity contribution < 1.29 is 14.3 Å². The summed E-state index contributed by atoms with van der Waals surface area (Å²) in [4.78, 5) is 23.1. The first-order valence-corrected chi connectivity index (χ1v) is 7.50. The molecule has 2 N–H and O–H groups in total. The SMILES string of the molecule is O=C(NC[C@H]1CCCO1)C(=O)N/N=C\c1ccc(Cl)c(Cl)c1. The van der Waals surface area contributed by atoms with Gasteiger partial charge in [0.15, 0.2) is 0 Å². The monoisotopic (exact) mass is 343 g/mol. The van der Waals surface area contributed by atoms with Gasteiger partial charge in [-0.2, -0.15) is 5.10 Å². The molecule has 6 nitrogen and oxygen atoms in total. The van der Waals surface area contributed by atoms with Crippen molar-refractivity contribution in [2.45, 2.75) is 18.9 Å². The summed E-state index contributed by atoms with van der Waals surface area (Å²) >= 11 is 11.6. The van der Waals surface area contributed by atoms with Crippen LogP contribution in [-0.2, 0) is 14.3 Å². The van der Waals surface area contributed by atoms with Crippen molar-refractivity contribution in [3.63, 3.8) is 0 Å². The Kier molecular flexibility index (Phi) is 6.18. The molecule has 2 amide bonds. The second kappa shape index (κ2) is 8.12. The van der Waals surface area contributed by atoms with E-state index in [0.717, 1.165) is 12.8 Å². The number of nitrogens with zero attached hydrogens (tertiary/aromatic N) is 1. The summed E-state index contributed by atoms with van der Waals surface area (Å²) in [7, 11) is 0. The van der Waals surface area contributed by atoms with Crippen LogP contribution in [0.1, 0.15) is 18.4 Å². The first-order valence-electron chi connectivity index (χ1n) is 6.74. The van der Waals surface area contributed by atoms with Crippen LogP contribution in [0.15, 0.2) is 23.3 Å². The lowest BCUT2D eigenvalue weighted by Gasteiger charge is -2.09. The highest BCUT2D eigenvalue weighted by Gasteiger charge is 2.18. The average Bonchev–Trinajstić information content (AvgIpc) is 3.01. The molecule has 0 aliphatic carbocycles. The number of carbonyl (C=O) groups is 2. The highest BCUT2D eigenvalue weighted by molar-refractivity contribution is 6.42. The van der Waals surface area contributed by atoms with Gasteiger partial charge in [0.25, 0.3) is 0 Å². The average molecular weight is 344 g/mol. The third-order valence-electron chi connectivity index (χ3n) is 3.04. The predicted octanol–water partition coefficient (Wildman–Crippen LogP) is 1.74. The normalized spacial score (nSPS) is 17.6. The number of ether oxygens (including phenoxy) is 1. The topological polar surface area (TPSA) is 79.8 Å². The van der Waals surface area contributed by atoms with E-state index in [9.17, 15) is 9.59 Å². The van der Waals surface area contributed by atoms with Crippen LogP contribution < -0.4 is 10.7 Å². The van der Waals surface area contributed by atoms with Crippen LogP contribution in [0.4, 0.5) is 0 Å². The molecule has 2 rings (SSSR count). The van der Waals surface area contributed by atoms with E-state index in [-0.39, 0.29) is 6.10 Å². The van der Waals surface area contributed by atoms with Gasteiger partial charge < -0.3 is 10.1 Å². The minimum atomic E-state index is -0.839. The molecular weight excluding hydrogens is 329 g/mol. The van der Waals surface area contributed by atoms with E-state index in [1.165, 1.54) is 6.21 Å². The van der Waals surface area contributed by atoms with E-state index in [4.69, 9.17) is 27.9 Å². The van der Waals surface area contributed by atoms with Crippen LogP contribution >= 0.6 is 23.2 Å². The molecule has 1 atom stereocenters. The zero-order valence-corrected chi connectivity index (χ0v) is 13.2. The summed E-state index contributed by atoms with van der Waals surface area (Å²) in [6, 6.07) is 4.89. The highest BCUT2D eigenvalue weighted by atomic mass is 35.5. The Balaban J connectivity index is 1.77. The molecule has 1 aliphatic rings. The molecule has 1 aromatic rings. The molecule has 8 heteroatoms. The first-order chi connectivity index (χ1) is 10.6. The molecule has 0 unspecified atom stereocenters. The van der Waals surface area contributed by atoms with Gasteiger partial charge in [-0.15, -0.1) is 0 Å². The zero-order chi connectivity index (χ0) is 15.9. The molecule has 0 aromatic heterocycles. The van der Waals surface area contributed by atoms with E-state index < -0.39 is 11.8 Å². The molecule has 0 bridgehead atoms. The number of carbonyl (C=O) groups excluding carboxylic acids is 2. The Labute approximate surface area is 137 Å². The molecule has 22 heavy (non-hydrogen) atoms. The van der Waals surface area contributed by atoms with Crippen molar-refractivity contribution in [3.05, 3.63) is 33.8 Å². The van der Waals surface area contributed by atoms with Crippen LogP contribution in [0.5, 0.6) is 0 Å². The zero-order valence-electron chi connectivity index (χ0n) is 11.6. The summed E-state index contributed by atoms with van der Waals surface area (Å²) in [5.41, 5.74) is 2.79. The van der Waals surface area contributed by atoms with Crippen molar-refractivity contribution in [1.29, 1.82) is 0 Å². The summed E-state index contributed by atoms with van der Waals surface area (Å²) < 4.78 is 5.34. The van der Waals surface area contributed by atoms with Gasteiger partial charge in [-0.25, -0.2) is 5.43 Å². The maximum absolute atomic E-state index is 11.5. The lowest BCUT2D eigenvalue weighted by Crippen LogP contribution is -2.41. The van der Waals surface area contributed by atoms with Crippen LogP contribution in [0.25, 0.3) is 0 Å². The fourth-order valence-electron chi connectivity index (χ4n) is 1.90. The van der Waals surface area contributed by atoms with E-state index >= 15 is 0 Å². The van der Waals surface area contributed by atoms with Crippen molar-refractivity contribution in [2.75, 3.05) is 13.2 Å². The van der Waals surface area contributed by atoms with E-state index in [2.05, 4.69) is 15.8 Å². The number of hydrazone groups is 1. The molecule has 0 spiro atoms. The van der Waals surface area contributed by atoms with Gasteiger partial charge in [-0.1, -0.05) is 29.3 Å². The van der Waals surface area contributed by atoms with Crippen molar-refractivity contribution in [2.24, 2.45) is 5.10 Å². The fourth-order valence-corrected chi connectivity index (χ4v) is 2.21. The Morgan fingerprint density at radius 3 is 2.82 bits per heavy atom. The summed E-state index contributed by atoms with van der Waals surface area (Å²) in [6.45, 7) is 1.02. The minimum absolute atomic E-state index is 0.0172.